The van der Waals surface area contributed by atoms with Crippen molar-refractivity contribution < 1.29 is 33.6 Å². The molecular weight excluding hydrogens is 502 g/mol. The van der Waals surface area contributed by atoms with Gasteiger partial charge < -0.3 is 19.5 Å². The van der Waals surface area contributed by atoms with Crippen LogP contribution in [0.3, 0.4) is 0 Å². The molecule has 3 aromatic rings. The number of non-ortho nitro benzene ring substituents is 1. The predicted octanol–water partition coefficient (Wildman–Crippen LogP) is 3.55. The van der Waals surface area contributed by atoms with Crippen LogP contribution >= 0.6 is 0 Å². The molecular formula is C24H21N5O9. The van der Waals surface area contributed by atoms with Gasteiger partial charge in [-0.3, -0.25) is 29.8 Å². The Morgan fingerprint density at radius 2 is 1.45 bits per heavy atom. The molecule has 0 aromatic heterocycles. The number of nitrogens with zero attached hydrogens (tertiary/aromatic N) is 3. The molecule has 3 aromatic carbocycles. The SMILES string of the molecule is COc1cc(C(=O)Nc2ccc(C(=O)N/N=C\c3ccc([N+](=O)[O-])cc3[N+](=O)[O-])cc2)cc(OC)c1OC. The zero-order valence-corrected chi connectivity index (χ0v) is 20.3. The molecule has 0 spiro atoms. The first-order valence-corrected chi connectivity index (χ1v) is 10.7. The van der Waals surface area contributed by atoms with Crippen molar-refractivity contribution >= 4 is 35.1 Å². The van der Waals surface area contributed by atoms with Gasteiger partial charge in [-0.15, -0.1) is 0 Å². The Hall–Kier alpha value is -5.53. The van der Waals surface area contributed by atoms with Crippen molar-refractivity contribution in [3.05, 3.63) is 91.5 Å². The van der Waals surface area contributed by atoms with Crippen molar-refractivity contribution in [2.45, 2.75) is 0 Å². The minimum atomic E-state index is -0.790. The molecule has 0 radical (unpaired) electrons. The third kappa shape index (κ3) is 6.17. The number of rotatable bonds is 10. The third-order valence-electron chi connectivity index (χ3n) is 5.12. The summed E-state index contributed by atoms with van der Waals surface area (Å²) in [5, 5.41) is 28.4. The molecule has 14 heteroatoms. The molecule has 0 aliphatic rings. The molecule has 0 fully saturated rings. The number of amides is 2. The summed E-state index contributed by atoms with van der Waals surface area (Å²) in [6.07, 6.45) is 1.01. The minimum Gasteiger partial charge on any atom is -0.493 e. The highest BCUT2D eigenvalue weighted by molar-refractivity contribution is 6.05. The number of nitro benzene ring substituents is 2. The highest BCUT2D eigenvalue weighted by Gasteiger charge is 2.19. The Balaban J connectivity index is 1.68. The molecule has 14 nitrogen and oxygen atoms in total. The van der Waals surface area contributed by atoms with Crippen LogP contribution in [-0.2, 0) is 0 Å². The van der Waals surface area contributed by atoms with Gasteiger partial charge in [-0.05, 0) is 42.5 Å². The van der Waals surface area contributed by atoms with E-state index in [4.69, 9.17) is 14.2 Å². The molecule has 0 aliphatic carbocycles. The molecule has 0 saturated heterocycles. The number of carbonyl (C=O) groups is 2. The molecule has 196 valence electrons. The van der Waals surface area contributed by atoms with Crippen molar-refractivity contribution in [3.8, 4) is 17.2 Å². The molecule has 0 heterocycles. The zero-order chi connectivity index (χ0) is 27.8. The van der Waals surface area contributed by atoms with Crippen molar-refractivity contribution in [3.63, 3.8) is 0 Å². The summed E-state index contributed by atoms with van der Waals surface area (Å²) in [5.41, 5.74) is 2.02. The molecule has 0 aliphatic heterocycles. The standard InChI is InChI=1S/C24H21N5O9/c1-36-20-10-16(11-21(37-2)22(20)38-3)23(30)26-17-7-4-14(5-8-17)24(31)27-25-13-15-6-9-18(28(32)33)12-19(15)29(34)35/h4-13H,1-3H3,(H,26,30)(H,27,31)/b25-13-. The summed E-state index contributed by atoms with van der Waals surface area (Å²) in [4.78, 5) is 45.6. The smallest absolute Gasteiger partial charge is 0.285 e. The van der Waals surface area contributed by atoms with Gasteiger partial charge in [0.1, 0.15) is 0 Å². The van der Waals surface area contributed by atoms with Gasteiger partial charge >= 0.3 is 0 Å². The van der Waals surface area contributed by atoms with E-state index in [-0.39, 0.29) is 16.7 Å². The van der Waals surface area contributed by atoms with E-state index in [1.165, 1.54) is 57.7 Å². The van der Waals surface area contributed by atoms with Crippen molar-refractivity contribution in [2.75, 3.05) is 26.6 Å². The number of nitro groups is 2. The van der Waals surface area contributed by atoms with Crippen LogP contribution in [0.15, 0.2) is 59.7 Å². The van der Waals surface area contributed by atoms with Crippen LogP contribution in [0.5, 0.6) is 17.2 Å². The number of hydrazone groups is 1. The Labute approximate surface area is 215 Å². The van der Waals surface area contributed by atoms with Gasteiger partial charge in [0, 0.05) is 22.9 Å². The fraction of sp³-hybridized carbons (Fsp3) is 0.125. The minimum absolute atomic E-state index is 0.0363. The molecule has 2 N–H and O–H groups in total. The first kappa shape index (κ1) is 27.1. The summed E-state index contributed by atoms with van der Waals surface area (Å²) in [6, 6.07) is 11.9. The predicted molar refractivity (Wildman–Crippen MR) is 135 cm³/mol. The summed E-state index contributed by atoms with van der Waals surface area (Å²) in [6.45, 7) is 0. The summed E-state index contributed by atoms with van der Waals surface area (Å²) >= 11 is 0. The van der Waals surface area contributed by atoms with E-state index in [1.807, 2.05) is 0 Å². The van der Waals surface area contributed by atoms with Crippen molar-refractivity contribution in [1.29, 1.82) is 0 Å². The molecule has 0 saturated carbocycles. The fourth-order valence-electron chi connectivity index (χ4n) is 3.26. The number of benzene rings is 3. The first-order chi connectivity index (χ1) is 18.2. The van der Waals surface area contributed by atoms with Crippen molar-refractivity contribution in [2.24, 2.45) is 5.10 Å². The van der Waals surface area contributed by atoms with E-state index >= 15 is 0 Å². The van der Waals surface area contributed by atoms with E-state index in [2.05, 4.69) is 15.8 Å². The Kier molecular flexibility index (Phi) is 8.50. The van der Waals surface area contributed by atoms with Gasteiger partial charge in [-0.2, -0.15) is 5.10 Å². The molecule has 0 bridgehead atoms. The van der Waals surface area contributed by atoms with Crippen LogP contribution in [-0.4, -0.2) is 49.2 Å². The topological polar surface area (TPSA) is 185 Å². The van der Waals surface area contributed by atoms with Crippen molar-refractivity contribution in [1.82, 2.24) is 5.43 Å². The largest absolute Gasteiger partial charge is 0.493 e. The lowest BCUT2D eigenvalue weighted by atomic mass is 10.1. The van der Waals surface area contributed by atoms with E-state index < -0.39 is 33.0 Å². The van der Waals surface area contributed by atoms with Gasteiger partial charge in [-0.1, -0.05) is 0 Å². The van der Waals surface area contributed by atoms with Crippen LogP contribution < -0.4 is 25.0 Å². The monoisotopic (exact) mass is 523 g/mol. The maximum atomic E-state index is 12.7. The van der Waals surface area contributed by atoms with Crippen LogP contribution in [0.4, 0.5) is 17.1 Å². The third-order valence-corrected chi connectivity index (χ3v) is 5.12. The maximum Gasteiger partial charge on any atom is 0.285 e. The van der Waals surface area contributed by atoms with Crippen LogP contribution in [0.25, 0.3) is 0 Å². The average molecular weight is 523 g/mol. The Morgan fingerprint density at radius 1 is 0.816 bits per heavy atom. The van der Waals surface area contributed by atoms with Gasteiger partial charge in [0.2, 0.25) is 5.75 Å². The molecule has 0 unspecified atom stereocenters. The lowest BCUT2D eigenvalue weighted by molar-refractivity contribution is -0.394. The number of ether oxygens (including phenoxy) is 3. The number of anilines is 1. The number of hydrogen-bond donors (Lipinski definition) is 2. The maximum absolute atomic E-state index is 12.7. The van der Waals surface area contributed by atoms with Gasteiger partial charge in [-0.25, -0.2) is 5.43 Å². The second-order valence-corrected chi connectivity index (χ2v) is 7.40. The normalized spacial score (nSPS) is 10.5. The lowest BCUT2D eigenvalue weighted by Crippen LogP contribution is -2.18. The van der Waals surface area contributed by atoms with Crippen LogP contribution in [0.1, 0.15) is 26.3 Å². The highest BCUT2D eigenvalue weighted by atomic mass is 16.6. The fourth-order valence-corrected chi connectivity index (χ4v) is 3.26. The Bertz CT molecular complexity index is 1400. The van der Waals surface area contributed by atoms with E-state index in [0.29, 0.717) is 22.9 Å². The van der Waals surface area contributed by atoms with Gasteiger partial charge in [0.15, 0.2) is 11.5 Å². The summed E-state index contributed by atoms with van der Waals surface area (Å²) in [5.74, 6) is -0.135. The van der Waals surface area contributed by atoms with Crippen LogP contribution in [0.2, 0.25) is 0 Å². The van der Waals surface area contributed by atoms with Gasteiger partial charge in [0.05, 0.1) is 49.0 Å². The second-order valence-electron chi connectivity index (χ2n) is 7.40. The van der Waals surface area contributed by atoms with Gasteiger partial charge in [0.25, 0.3) is 23.2 Å². The number of hydrogen-bond acceptors (Lipinski definition) is 10. The lowest BCUT2D eigenvalue weighted by Gasteiger charge is -2.14. The molecule has 0 atom stereocenters. The van der Waals surface area contributed by atoms with E-state index in [9.17, 15) is 29.8 Å². The summed E-state index contributed by atoms with van der Waals surface area (Å²) in [7, 11) is 4.31. The molecule has 2 amide bonds. The zero-order valence-electron chi connectivity index (χ0n) is 20.3. The van der Waals surface area contributed by atoms with Crippen LogP contribution in [0, 0.1) is 20.2 Å². The Morgan fingerprint density at radius 3 is 1.97 bits per heavy atom. The van der Waals surface area contributed by atoms with E-state index in [1.54, 1.807) is 0 Å². The number of carbonyl (C=O) groups excluding carboxylic acids is 2. The highest BCUT2D eigenvalue weighted by Crippen LogP contribution is 2.38. The quantitative estimate of drug-likeness (QED) is 0.228. The molecule has 3 rings (SSSR count). The summed E-state index contributed by atoms with van der Waals surface area (Å²) < 4.78 is 15.8. The molecule has 38 heavy (non-hydrogen) atoms. The number of methoxy groups -OCH3 is 3. The first-order valence-electron chi connectivity index (χ1n) is 10.7. The second kappa shape index (κ2) is 11.9. The van der Waals surface area contributed by atoms with E-state index in [0.717, 1.165) is 24.4 Å². The number of nitrogens with one attached hydrogen (secondary N) is 2. The average Bonchev–Trinajstić information content (AvgIpc) is 2.92.